The third-order valence-corrected chi connectivity index (χ3v) is 6.96. The molecule has 2 aromatic rings. The number of likely N-dealkylation sites (N-methyl/N-ethyl adjacent to an activating group) is 1. The van der Waals surface area contributed by atoms with E-state index in [0.29, 0.717) is 36.2 Å². The van der Waals surface area contributed by atoms with Crippen molar-refractivity contribution in [2.75, 3.05) is 45.2 Å². The maximum atomic E-state index is 12.6. The molecule has 1 saturated carbocycles. The lowest BCUT2D eigenvalue weighted by atomic mass is 9.97. The van der Waals surface area contributed by atoms with Crippen molar-refractivity contribution in [3.8, 4) is 11.8 Å². The van der Waals surface area contributed by atoms with Crippen LogP contribution in [0.25, 0.3) is 10.9 Å². The average Bonchev–Trinajstić information content (AvgIpc) is 3.52. The zero-order valence-corrected chi connectivity index (χ0v) is 20.0. The Morgan fingerprint density at radius 3 is 2.76 bits per heavy atom. The van der Waals surface area contributed by atoms with Crippen LogP contribution in [0.5, 0.6) is 5.75 Å². The lowest BCUT2D eigenvalue weighted by Gasteiger charge is -2.33. The maximum Gasteiger partial charge on any atom is 0.329 e. The highest BCUT2D eigenvalue weighted by Crippen LogP contribution is 2.42. The van der Waals surface area contributed by atoms with Gasteiger partial charge in [-0.1, -0.05) is 0 Å². The summed E-state index contributed by atoms with van der Waals surface area (Å²) in [5, 5.41) is 12.4. The number of aromatic amines is 1. The van der Waals surface area contributed by atoms with E-state index in [1.54, 1.807) is 17.7 Å². The summed E-state index contributed by atoms with van der Waals surface area (Å²) in [4.78, 5) is 43.6. The van der Waals surface area contributed by atoms with Crippen molar-refractivity contribution in [2.24, 2.45) is 5.92 Å². The Morgan fingerprint density at radius 2 is 2.12 bits per heavy atom. The first-order valence-corrected chi connectivity index (χ1v) is 11.8. The van der Waals surface area contributed by atoms with Gasteiger partial charge in [-0.3, -0.25) is 19.1 Å². The molecule has 2 heterocycles. The van der Waals surface area contributed by atoms with Gasteiger partial charge in [0.2, 0.25) is 5.91 Å². The van der Waals surface area contributed by atoms with Crippen molar-refractivity contribution < 1.29 is 9.53 Å². The summed E-state index contributed by atoms with van der Waals surface area (Å²) in [5.74, 6) is 0.734. The molecule has 1 amide bonds. The number of H-pyrrole nitrogens is 1. The minimum Gasteiger partial charge on any atom is -0.492 e. The van der Waals surface area contributed by atoms with Crippen LogP contribution >= 0.6 is 0 Å². The third-order valence-electron chi connectivity index (χ3n) is 6.96. The van der Waals surface area contributed by atoms with Gasteiger partial charge in [0.05, 0.1) is 24.3 Å². The zero-order chi connectivity index (χ0) is 24.4. The molecule has 1 saturated heterocycles. The first kappa shape index (κ1) is 23.8. The second kappa shape index (κ2) is 9.89. The van der Waals surface area contributed by atoms with E-state index in [1.165, 1.54) is 6.92 Å². The number of nitriles is 1. The number of carbonyl (C=O) groups is 1. The fourth-order valence-corrected chi connectivity index (χ4v) is 5.08. The highest BCUT2D eigenvalue weighted by atomic mass is 16.5. The largest absolute Gasteiger partial charge is 0.492 e. The van der Waals surface area contributed by atoms with E-state index in [9.17, 15) is 14.4 Å². The minimum atomic E-state index is -0.407. The second-order valence-electron chi connectivity index (χ2n) is 9.26. The third kappa shape index (κ3) is 4.66. The van der Waals surface area contributed by atoms with Gasteiger partial charge < -0.3 is 19.9 Å². The predicted octanol–water partition coefficient (Wildman–Crippen LogP) is 1.21. The molecule has 1 aromatic heterocycles. The number of methoxy groups -OCH3 is 1. The number of nitrogens with zero attached hydrogens (tertiary/aromatic N) is 4. The molecule has 10 nitrogen and oxygen atoms in total. The van der Waals surface area contributed by atoms with Crippen LogP contribution in [0.15, 0.2) is 21.7 Å². The van der Waals surface area contributed by atoms with Gasteiger partial charge in [0.15, 0.2) is 5.75 Å². The smallest absolute Gasteiger partial charge is 0.329 e. The molecule has 1 aliphatic heterocycles. The fourth-order valence-electron chi connectivity index (χ4n) is 5.08. The Hall–Kier alpha value is -3.32. The number of nitrogens with one attached hydrogen (secondary N) is 2. The lowest BCUT2D eigenvalue weighted by Crippen LogP contribution is -2.47. The Kier molecular flexibility index (Phi) is 6.93. The molecular weight excluding hydrogens is 436 g/mol. The van der Waals surface area contributed by atoms with E-state index in [0.717, 1.165) is 38.0 Å². The number of rotatable bonds is 9. The summed E-state index contributed by atoms with van der Waals surface area (Å²) in [7, 11) is 3.56. The number of anilines is 1. The molecule has 10 heteroatoms. The molecule has 1 aliphatic carbocycles. The molecular formula is C24H32N6O4. The summed E-state index contributed by atoms with van der Waals surface area (Å²) in [6, 6.07) is 6.02. The summed E-state index contributed by atoms with van der Waals surface area (Å²) < 4.78 is 7.49. The van der Waals surface area contributed by atoms with Crippen LogP contribution in [0.1, 0.15) is 38.6 Å². The topological polar surface area (TPSA) is 123 Å². The molecule has 2 fully saturated rings. The van der Waals surface area contributed by atoms with Gasteiger partial charge in [0.25, 0.3) is 5.56 Å². The Bertz CT molecular complexity index is 1220. The molecule has 0 radical (unpaired) electrons. The minimum absolute atomic E-state index is 0.0759. The summed E-state index contributed by atoms with van der Waals surface area (Å²) in [6.45, 7) is 4.18. The predicted molar refractivity (Wildman–Crippen MR) is 129 cm³/mol. The van der Waals surface area contributed by atoms with Crippen molar-refractivity contribution >= 4 is 22.5 Å². The van der Waals surface area contributed by atoms with Crippen molar-refractivity contribution in [2.45, 2.75) is 44.7 Å². The van der Waals surface area contributed by atoms with Gasteiger partial charge in [0.1, 0.15) is 5.52 Å². The average molecular weight is 469 g/mol. The van der Waals surface area contributed by atoms with Crippen LogP contribution in [-0.4, -0.2) is 66.7 Å². The van der Waals surface area contributed by atoms with Crippen LogP contribution < -0.4 is 26.2 Å². The van der Waals surface area contributed by atoms with E-state index in [4.69, 9.17) is 10.00 Å². The van der Waals surface area contributed by atoms with Gasteiger partial charge in [-0.2, -0.15) is 5.26 Å². The summed E-state index contributed by atoms with van der Waals surface area (Å²) >= 11 is 0. The Labute approximate surface area is 198 Å². The van der Waals surface area contributed by atoms with Gasteiger partial charge in [-0.25, -0.2) is 4.79 Å². The number of benzene rings is 1. The summed E-state index contributed by atoms with van der Waals surface area (Å²) in [5.41, 5.74) is 0.607. The number of aromatic nitrogens is 2. The molecule has 1 aromatic carbocycles. The maximum absolute atomic E-state index is 12.6. The number of fused-ring (bicyclic) bond motifs is 1. The van der Waals surface area contributed by atoms with Gasteiger partial charge in [0, 0.05) is 51.6 Å². The van der Waals surface area contributed by atoms with Crippen LogP contribution in [0.2, 0.25) is 0 Å². The molecule has 2 aliphatic rings. The zero-order valence-electron chi connectivity index (χ0n) is 20.0. The van der Waals surface area contributed by atoms with Crippen LogP contribution in [0.3, 0.4) is 0 Å². The van der Waals surface area contributed by atoms with E-state index < -0.39 is 11.2 Å². The number of ether oxygens (including phenoxy) is 1. The lowest BCUT2D eigenvalue weighted by molar-refractivity contribution is -0.119. The van der Waals surface area contributed by atoms with Gasteiger partial charge >= 0.3 is 5.69 Å². The molecule has 0 spiro atoms. The van der Waals surface area contributed by atoms with Crippen molar-refractivity contribution in [1.82, 2.24) is 19.8 Å². The van der Waals surface area contributed by atoms with E-state index in [1.807, 2.05) is 13.1 Å². The highest BCUT2D eigenvalue weighted by Gasteiger charge is 2.34. The molecule has 2 unspecified atom stereocenters. The Morgan fingerprint density at radius 1 is 1.35 bits per heavy atom. The molecule has 0 bridgehead atoms. The normalized spacial score (nSPS) is 18.8. The number of carbonyl (C=O) groups excluding carboxylic acids is 1. The van der Waals surface area contributed by atoms with Gasteiger partial charge in [-0.05, 0) is 44.4 Å². The number of amides is 1. The first-order valence-electron chi connectivity index (χ1n) is 11.8. The highest BCUT2D eigenvalue weighted by molar-refractivity contribution is 5.90. The quantitative estimate of drug-likeness (QED) is 0.567. The Balaban J connectivity index is 1.67. The van der Waals surface area contributed by atoms with Crippen molar-refractivity contribution in [3.05, 3.63) is 33.0 Å². The van der Waals surface area contributed by atoms with E-state index in [-0.39, 0.29) is 23.9 Å². The first-order chi connectivity index (χ1) is 16.3. The molecule has 4 rings (SSSR count). The van der Waals surface area contributed by atoms with Crippen LogP contribution in [0.4, 0.5) is 5.69 Å². The monoisotopic (exact) mass is 468 g/mol. The van der Waals surface area contributed by atoms with Crippen LogP contribution in [0, 0.1) is 17.2 Å². The molecule has 2 N–H and O–H groups in total. The molecule has 34 heavy (non-hydrogen) atoms. The molecule has 182 valence electrons. The SMILES string of the molecule is COc1c(N2CCC(C(CNC(C)=O)N(C)CCC#N)C2)ccc2c(=O)[nH]c(=O)n(C3CC3)c12. The van der Waals surface area contributed by atoms with Gasteiger partial charge in [-0.15, -0.1) is 0 Å². The number of hydrogen-bond donors (Lipinski definition) is 2. The fraction of sp³-hybridized carbons (Fsp3) is 0.583. The van der Waals surface area contributed by atoms with Crippen molar-refractivity contribution in [1.29, 1.82) is 5.26 Å². The van der Waals surface area contributed by atoms with E-state index >= 15 is 0 Å². The molecule has 2 atom stereocenters. The van der Waals surface area contributed by atoms with E-state index in [2.05, 4.69) is 26.2 Å². The standard InChI is InChI=1S/C24H32N6O4/c1-15(31)26-13-20(28(2)11-4-10-25)16-9-12-29(14-16)19-8-7-18-21(22(19)34-3)30(17-5-6-17)24(33)27-23(18)32/h7-8,16-17,20H,4-6,9,11-14H2,1-3H3,(H,26,31)(H,27,32,33). The second-order valence-corrected chi connectivity index (χ2v) is 9.26. The number of hydrogen-bond acceptors (Lipinski definition) is 7. The summed E-state index contributed by atoms with van der Waals surface area (Å²) in [6.07, 6.45) is 3.14. The van der Waals surface area contributed by atoms with Crippen molar-refractivity contribution in [3.63, 3.8) is 0 Å². The van der Waals surface area contributed by atoms with Crippen LogP contribution in [-0.2, 0) is 4.79 Å².